The van der Waals surface area contributed by atoms with Crippen LogP contribution in [0.5, 0.6) is 0 Å². The summed E-state index contributed by atoms with van der Waals surface area (Å²) in [5.74, 6) is -0.649. The van der Waals surface area contributed by atoms with Crippen LogP contribution >= 0.6 is 0 Å². The van der Waals surface area contributed by atoms with E-state index in [2.05, 4.69) is 10.1 Å². The number of nitrogens with one attached hydrogen (secondary N) is 1. The number of amides is 1. The van der Waals surface area contributed by atoms with Crippen molar-refractivity contribution in [3.8, 4) is 0 Å². The first-order valence-electron chi connectivity index (χ1n) is 5.13. The predicted molar refractivity (Wildman–Crippen MR) is 61.0 cm³/mol. The molecule has 1 amide bonds. The molecule has 100 valence electrons. The highest BCUT2D eigenvalue weighted by Gasteiger charge is 2.29. The first kappa shape index (κ1) is 14.3. The molecule has 18 heavy (non-hydrogen) atoms. The first-order valence-corrected chi connectivity index (χ1v) is 5.13. The van der Waals surface area contributed by atoms with Crippen LogP contribution in [0.3, 0.4) is 0 Å². The lowest BCUT2D eigenvalue weighted by atomic mass is 10.2. The monoisotopic (exact) mass is 262 g/mol. The van der Waals surface area contributed by atoms with Crippen molar-refractivity contribution in [2.75, 3.05) is 17.7 Å². The summed E-state index contributed by atoms with van der Waals surface area (Å²) in [4.78, 5) is 11.5. The molecule has 1 aromatic carbocycles. The van der Waals surface area contributed by atoms with Gasteiger partial charge in [-0.15, -0.1) is 0 Å². The Morgan fingerprint density at radius 1 is 1.39 bits per heavy atom. The molecule has 0 spiro atoms. The standard InChI is InChI=1S/C11H13F3N2O2/c1-7(18-6-11(12,13)14)10(17)16-9-4-2-8(15)3-5-9/h2-5,7H,6,15H2,1H3,(H,16,17). The Labute approximate surface area is 102 Å². The van der Waals surface area contributed by atoms with Crippen molar-refractivity contribution in [3.63, 3.8) is 0 Å². The Kier molecular flexibility index (Phi) is 4.55. The second-order valence-electron chi connectivity index (χ2n) is 3.68. The van der Waals surface area contributed by atoms with Crippen LogP contribution in [0.15, 0.2) is 24.3 Å². The van der Waals surface area contributed by atoms with Gasteiger partial charge in [-0.3, -0.25) is 4.79 Å². The van der Waals surface area contributed by atoms with Crippen LogP contribution in [0.1, 0.15) is 6.92 Å². The van der Waals surface area contributed by atoms with Gasteiger partial charge in [-0.25, -0.2) is 0 Å². The molecule has 0 saturated heterocycles. The number of halogens is 3. The average molecular weight is 262 g/mol. The predicted octanol–water partition coefficient (Wildman–Crippen LogP) is 2.17. The van der Waals surface area contributed by atoms with Gasteiger partial charge < -0.3 is 15.8 Å². The summed E-state index contributed by atoms with van der Waals surface area (Å²) >= 11 is 0. The molecule has 1 rings (SSSR count). The number of rotatable bonds is 4. The molecule has 0 saturated carbocycles. The highest BCUT2D eigenvalue weighted by Crippen LogP contribution is 2.16. The molecule has 0 aliphatic carbocycles. The molecule has 3 N–H and O–H groups in total. The van der Waals surface area contributed by atoms with E-state index in [1.165, 1.54) is 6.92 Å². The minimum absolute atomic E-state index is 0.441. The first-order chi connectivity index (χ1) is 8.28. The Balaban J connectivity index is 2.47. The fourth-order valence-electron chi connectivity index (χ4n) is 1.11. The van der Waals surface area contributed by atoms with Crippen molar-refractivity contribution < 1.29 is 22.7 Å². The van der Waals surface area contributed by atoms with Crippen LogP contribution in [0.2, 0.25) is 0 Å². The zero-order valence-electron chi connectivity index (χ0n) is 9.62. The molecule has 0 bridgehead atoms. The maximum absolute atomic E-state index is 11.9. The van der Waals surface area contributed by atoms with Crippen molar-refractivity contribution in [2.45, 2.75) is 19.2 Å². The van der Waals surface area contributed by atoms with E-state index in [0.29, 0.717) is 11.4 Å². The minimum Gasteiger partial charge on any atom is -0.399 e. The van der Waals surface area contributed by atoms with E-state index in [9.17, 15) is 18.0 Å². The van der Waals surface area contributed by atoms with Gasteiger partial charge in [0.25, 0.3) is 5.91 Å². The van der Waals surface area contributed by atoms with Crippen LogP contribution in [0.4, 0.5) is 24.5 Å². The topological polar surface area (TPSA) is 64.3 Å². The highest BCUT2D eigenvalue weighted by molar-refractivity contribution is 5.94. The molecule has 4 nitrogen and oxygen atoms in total. The zero-order valence-corrected chi connectivity index (χ0v) is 9.62. The van der Waals surface area contributed by atoms with Gasteiger partial charge in [0.15, 0.2) is 0 Å². The number of hydrogen-bond donors (Lipinski definition) is 2. The smallest absolute Gasteiger partial charge is 0.399 e. The molecular weight excluding hydrogens is 249 g/mol. The zero-order chi connectivity index (χ0) is 13.8. The lowest BCUT2D eigenvalue weighted by Crippen LogP contribution is -2.31. The van der Waals surface area contributed by atoms with Gasteiger partial charge in [0, 0.05) is 11.4 Å². The number of nitrogen functional groups attached to an aromatic ring is 1. The number of benzene rings is 1. The molecular formula is C11H13F3N2O2. The Morgan fingerprint density at radius 3 is 2.44 bits per heavy atom. The Hall–Kier alpha value is -1.76. The third-order valence-corrected chi connectivity index (χ3v) is 2.04. The lowest BCUT2D eigenvalue weighted by Gasteiger charge is -2.14. The van der Waals surface area contributed by atoms with Crippen molar-refractivity contribution in [1.82, 2.24) is 0 Å². The molecule has 0 fully saturated rings. The van der Waals surface area contributed by atoms with Gasteiger partial charge in [0.05, 0.1) is 0 Å². The molecule has 1 aromatic rings. The van der Waals surface area contributed by atoms with Gasteiger partial charge in [0.2, 0.25) is 0 Å². The number of carbonyl (C=O) groups is 1. The maximum Gasteiger partial charge on any atom is 0.411 e. The molecule has 0 heterocycles. The second kappa shape index (κ2) is 5.72. The van der Waals surface area contributed by atoms with Crippen LogP contribution in [-0.2, 0) is 9.53 Å². The van der Waals surface area contributed by atoms with Gasteiger partial charge >= 0.3 is 6.18 Å². The van der Waals surface area contributed by atoms with Gasteiger partial charge in [-0.1, -0.05) is 0 Å². The van der Waals surface area contributed by atoms with Crippen LogP contribution in [0.25, 0.3) is 0 Å². The van der Waals surface area contributed by atoms with E-state index in [0.717, 1.165) is 0 Å². The molecule has 0 aromatic heterocycles. The fraction of sp³-hybridized carbons (Fsp3) is 0.364. The molecule has 0 radical (unpaired) electrons. The van der Waals surface area contributed by atoms with E-state index in [4.69, 9.17) is 5.73 Å². The lowest BCUT2D eigenvalue weighted by molar-refractivity contribution is -0.184. The van der Waals surface area contributed by atoms with Crippen molar-refractivity contribution in [2.24, 2.45) is 0 Å². The summed E-state index contributed by atoms with van der Waals surface area (Å²) < 4.78 is 40.0. The summed E-state index contributed by atoms with van der Waals surface area (Å²) in [7, 11) is 0. The Morgan fingerprint density at radius 2 is 1.94 bits per heavy atom. The van der Waals surface area contributed by atoms with E-state index in [-0.39, 0.29) is 0 Å². The maximum atomic E-state index is 11.9. The Bertz CT molecular complexity index is 404. The van der Waals surface area contributed by atoms with Gasteiger partial charge in [-0.05, 0) is 31.2 Å². The third kappa shape index (κ3) is 5.05. The van der Waals surface area contributed by atoms with E-state index in [1.807, 2.05) is 0 Å². The SMILES string of the molecule is CC(OCC(F)(F)F)C(=O)Nc1ccc(N)cc1. The highest BCUT2D eigenvalue weighted by atomic mass is 19.4. The normalized spacial score (nSPS) is 13.1. The van der Waals surface area contributed by atoms with E-state index < -0.39 is 24.8 Å². The van der Waals surface area contributed by atoms with Crippen LogP contribution < -0.4 is 11.1 Å². The number of hydrogen-bond acceptors (Lipinski definition) is 3. The number of nitrogens with two attached hydrogens (primary N) is 1. The summed E-state index contributed by atoms with van der Waals surface area (Å²) in [6, 6.07) is 6.22. The van der Waals surface area contributed by atoms with E-state index in [1.54, 1.807) is 24.3 Å². The summed E-state index contributed by atoms with van der Waals surface area (Å²) in [5.41, 5.74) is 6.41. The van der Waals surface area contributed by atoms with Crippen LogP contribution in [0, 0.1) is 0 Å². The molecule has 1 atom stereocenters. The van der Waals surface area contributed by atoms with Crippen molar-refractivity contribution in [1.29, 1.82) is 0 Å². The molecule has 7 heteroatoms. The number of carbonyl (C=O) groups excluding carboxylic acids is 1. The van der Waals surface area contributed by atoms with Crippen molar-refractivity contribution in [3.05, 3.63) is 24.3 Å². The van der Waals surface area contributed by atoms with Gasteiger partial charge in [0.1, 0.15) is 12.7 Å². The molecule has 0 aliphatic rings. The minimum atomic E-state index is -4.45. The molecule has 0 aliphatic heterocycles. The van der Waals surface area contributed by atoms with E-state index >= 15 is 0 Å². The average Bonchev–Trinajstić information content (AvgIpc) is 2.28. The second-order valence-corrected chi connectivity index (χ2v) is 3.68. The largest absolute Gasteiger partial charge is 0.411 e. The van der Waals surface area contributed by atoms with Crippen molar-refractivity contribution >= 4 is 17.3 Å². The number of alkyl halides is 3. The van der Waals surface area contributed by atoms with Gasteiger partial charge in [-0.2, -0.15) is 13.2 Å². The summed E-state index contributed by atoms with van der Waals surface area (Å²) in [6.45, 7) is -0.207. The van der Waals surface area contributed by atoms with Crippen LogP contribution in [-0.4, -0.2) is 24.8 Å². The third-order valence-electron chi connectivity index (χ3n) is 2.04. The molecule has 1 unspecified atom stereocenters. The quantitative estimate of drug-likeness (QED) is 0.817. The number of ether oxygens (including phenoxy) is 1. The summed E-state index contributed by atoms with van der Waals surface area (Å²) in [6.07, 6.45) is -5.64. The summed E-state index contributed by atoms with van der Waals surface area (Å²) in [5, 5.41) is 2.42. The number of anilines is 2. The fourth-order valence-corrected chi connectivity index (χ4v) is 1.11.